The standard InChI is InChI=1S/C19H21ClN2O2/c20-17-9-5-4-8-16(17)19(23)21-14-18(15-6-2-1-3-7-15)22-10-12-24-13-11-22/h1-9,18H,10-14H2,(H,21,23)/t18-/m0/s1. The molecule has 1 aliphatic heterocycles. The van der Waals surface area contributed by atoms with E-state index in [1.54, 1.807) is 12.1 Å². The Hall–Kier alpha value is -1.88. The molecular weight excluding hydrogens is 324 g/mol. The average molecular weight is 345 g/mol. The second-order valence-electron chi connectivity index (χ2n) is 5.76. The molecule has 2 aromatic carbocycles. The highest BCUT2D eigenvalue weighted by molar-refractivity contribution is 6.33. The SMILES string of the molecule is O=C(NC[C@@H](c1ccccc1)N1CCOCC1)c1ccccc1Cl. The van der Waals surface area contributed by atoms with Crippen LogP contribution in [-0.4, -0.2) is 43.7 Å². The van der Waals surface area contributed by atoms with Crippen LogP contribution in [0.3, 0.4) is 0 Å². The van der Waals surface area contributed by atoms with Crippen molar-refractivity contribution in [1.29, 1.82) is 0 Å². The van der Waals surface area contributed by atoms with Gasteiger partial charge in [0.25, 0.3) is 5.91 Å². The summed E-state index contributed by atoms with van der Waals surface area (Å²) in [6.07, 6.45) is 0. The van der Waals surface area contributed by atoms with Gasteiger partial charge in [0.1, 0.15) is 0 Å². The number of carbonyl (C=O) groups is 1. The van der Waals surface area contributed by atoms with Crippen LogP contribution in [-0.2, 0) is 4.74 Å². The fourth-order valence-corrected chi connectivity index (χ4v) is 3.17. The van der Waals surface area contributed by atoms with Gasteiger partial charge in [0.05, 0.1) is 29.8 Å². The number of amides is 1. The molecule has 1 N–H and O–H groups in total. The minimum absolute atomic E-state index is 0.126. The van der Waals surface area contributed by atoms with Crippen molar-refractivity contribution in [3.05, 3.63) is 70.7 Å². The zero-order chi connectivity index (χ0) is 16.8. The Bertz CT molecular complexity index is 672. The number of hydrogen-bond acceptors (Lipinski definition) is 3. The summed E-state index contributed by atoms with van der Waals surface area (Å²) in [7, 11) is 0. The van der Waals surface area contributed by atoms with Gasteiger partial charge in [-0.1, -0.05) is 54.1 Å². The molecule has 3 rings (SSSR count). The molecule has 1 atom stereocenters. The number of halogens is 1. The molecule has 1 saturated heterocycles. The molecular formula is C19H21ClN2O2. The summed E-state index contributed by atoms with van der Waals surface area (Å²) < 4.78 is 5.45. The number of ether oxygens (including phenoxy) is 1. The van der Waals surface area contributed by atoms with Crippen molar-refractivity contribution < 1.29 is 9.53 Å². The lowest BCUT2D eigenvalue weighted by molar-refractivity contribution is 0.0162. The molecule has 2 aromatic rings. The van der Waals surface area contributed by atoms with Crippen LogP contribution < -0.4 is 5.32 Å². The van der Waals surface area contributed by atoms with E-state index in [0.717, 1.165) is 26.3 Å². The van der Waals surface area contributed by atoms with Crippen LogP contribution in [0.4, 0.5) is 0 Å². The largest absolute Gasteiger partial charge is 0.379 e. The van der Waals surface area contributed by atoms with E-state index in [0.29, 0.717) is 17.1 Å². The highest BCUT2D eigenvalue weighted by Gasteiger charge is 2.23. The number of nitrogens with one attached hydrogen (secondary N) is 1. The number of benzene rings is 2. The van der Waals surface area contributed by atoms with Crippen LogP contribution in [0, 0.1) is 0 Å². The Morgan fingerprint density at radius 1 is 1.08 bits per heavy atom. The molecule has 126 valence electrons. The van der Waals surface area contributed by atoms with Gasteiger partial charge in [-0.3, -0.25) is 9.69 Å². The van der Waals surface area contributed by atoms with E-state index >= 15 is 0 Å². The van der Waals surface area contributed by atoms with Crippen molar-refractivity contribution in [2.75, 3.05) is 32.8 Å². The molecule has 0 radical (unpaired) electrons. The fourth-order valence-electron chi connectivity index (χ4n) is 2.95. The molecule has 0 saturated carbocycles. The lowest BCUT2D eigenvalue weighted by atomic mass is 10.0. The predicted molar refractivity (Wildman–Crippen MR) is 95.4 cm³/mol. The molecule has 0 bridgehead atoms. The Balaban J connectivity index is 1.72. The van der Waals surface area contributed by atoms with Gasteiger partial charge in [0.2, 0.25) is 0 Å². The molecule has 0 unspecified atom stereocenters. The first-order valence-electron chi connectivity index (χ1n) is 8.15. The molecule has 24 heavy (non-hydrogen) atoms. The van der Waals surface area contributed by atoms with E-state index in [9.17, 15) is 4.79 Å². The number of nitrogens with zero attached hydrogens (tertiary/aromatic N) is 1. The third-order valence-corrected chi connectivity index (χ3v) is 4.57. The maximum Gasteiger partial charge on any atom is 0.252 e. The Morgan fingerprint density at radius 2 is 1.75 bits per heavy atom. The zero-order valence-corrected chi connectivity index (χ0v) is 14.2. The van der Waals surface area contributed by atoms with E-state index < -0.39 is 0 Å². The number of hydrogen-bond donors (Lipinski definition) is 1. The summed E-state index contributed by atoms with van der Waals surface area (Å²) in [5.41, 5.74) is 1.70. The summed E-state index contributed by atoms with van der Waals surface area (Å²) in [5, 5.41) is 3.50. The lowest BCUT2D eigenvalue weighted by Crippen LogP contribution is -2.43. The van der Waals surface area contributed by atoms with Crippen LogP contribution in [0.25, 0.3) is 0 Å². The van der Waals surface area contributed by atoms with Crippen molar-refractivity contribution in [3.63, 3.8) is 0 Å². The van der Waals surface area contributed by atoms with Crippen molar-refractivity contribution in [1.82, 2.24) is 10.2 Å². The van der Waals surface area contributed by atoms with Crippen molar-refractivity contribution in [3.8, 4) is 0 Å². The Labute approximate surface area is 147 Å². The van der Waals surface area contributed by atoms with Crippen LogP contribution >= 0.6 is 11.6 Å². The summed E-state index contributed by atoms with van der Waals surface area (Å²) in [5.74, 6) is -0.144. The highest BCUT2D eigenvalue weighted by atomic mass is 35.5. The molecule has 4 nitrogen and oxygen atoms in total. The molecule has 1 amide bonds. The molecule has 1 heterocycles. The van der Waals surface area contributed by atoms with E-state index in [4.69, 9.17) is 16.3 Å². The van der Waals surface area contributed by atoms with E-state index in [1.807, 2.05) is 30.3 Å². The van der Waals surface area contributed by atoms with Gasteiger partial charge >= 0.3 is 0 Å². The van der Waals surface area contributed by atoms with Crippen LogP contribution in [0.15, 0.2) is 54.6 Å². The Morgan fingerprint density at radius 3 is 2.46 bits per heavy atom. The second-order valence-corrected chi connectivity index (χ2v) is 6.17. The van der Waals surface area contributed by atoms with Gasteiger partial charge in [0.15, 0.2) is 0 Å². The van der Waals surface area contributed by atoms with Crippen molar-refractivity contribution in [2.24, 2.45) is 0 Å². The summed E-state index contributed by atoms with van der Waals surface area (Å²) in [6.45, 7) is 3.71. The first-order valence-corrected chi connectivity index (χ1v) is 8.53. The molecule has 5 heteroatoms. The van der Waals surface area contributed by atoms with E-state index in [-0.39, 0.29) is 11.9 Å². The minimum atomic E-state index is -0.144. The van der Waals surface area contributed by atoms with Gasteiger partial charge in [-0.05, 0) is 17.7 Å². The van der Waals surface area contributed by atoms with Crippen molar-refractivity contribution in [2.45, 2.75) is 6.04 Å². The lowest BCUT2D eigenvalue weighted by Gasteiger charge is -2.35. The number of carbonyl (C=O) groups excluding carboxylic acids is 1. The quantitative estimate of drug-likeness (QED) is 0.906. The number of morpholine rings is 1. The van der Waals surface area contributed by atoms with Crippen LogP contribution in [0.2, 0.25) is 5.02 Å². The van der Waals surface area contributed by atoms with Crippen LogP contribution in [0.1, 0.15) is 22.0 Å². The highest BCUT2D eigenvalue weighted by Crippen LogP contribution is 2.21. The van der Waals surface area contributed by atoms with Gasteiger partial charge in [0, 0.05) is 19.6 Å². The van der Waals surface area contributed by atoms with Crippen molar-refractivity contribution >= 4 is 17.5 Å². The topological polar surface area (TPSA) is 41.6 Å². The molecule has 1 fully saturated rings. The van der Waals surface area contributed by atoms with Gasteiger partial charge in [-0.25, -0.2) is 0 Å². The number of rotatable bonds is 5. The average Bonchev–Trinajstić information content (AvgIpc) is 2.64. The zero-order valence-electron chi connectivity index (χ0n) is 13.5. The third kappa shape index (κ3) is 4.15. The first kappa shape index (κ1) is 17.0. The van der Waals surface area contributed by atoms with Gasteiger partial charge in [-0.2, -0.15) is 0 Å². The second kappa shape index (κ2) is 8.29. The monoisotopic (exact) mass is 344 g/mol. The maximum absolute atomic E-state index is 12.4. The smallest absolute Gasteiger partial charge is 0.252 e. The molecule has 0 aromatic heterocycles. The van der Waals surface area contributed by atoms with Gasteiger partial charge in [-0.15, -0.1) is 0 Å². The normalized spacial score (nSPS) is 16.5. The fraction of sp³-hybridized carbons (Fsp3) is 0.316. The van der Waals surface area contributed by atoms with E-state index in [2.05, 4.69) is 22.3 Å². The summed E-state index contributed by atoms with van der Waals surface area (Å²) in [4.78, 5) is 14.8. The predicted octanol–water partition coefficient (Wildman–Crippen LogP) is 3.14. The minimum Gasteiger partial charge on any atom is -0.379 e. The molecule has 0 spiro atoms. The van der Waals surface area contributed by atoms with E-state index in [1.165, 1.54) is 5.56 Å². The molecule has 1 aliphatic rings. The van der Waals surface area contributed by atoms with Gasteiger partial charge < -0.3 is 10.1 Å². The van der Waals surface area contributed by atoms with Crippen LogP contribution in [0.5, 0.6) is 0 Å². The third-order valence-electron chi connectivity index (χ3n) is 4.25. The molecule has 0 aliphatic carbocycles. The Kier molecular flexibility index (Phi) is 5.86. The first-order chi connectivity index (χ1) is 11.8. The summed E-state index contributed by atoms with van der Waals surface area (Å²) in [6, 6.07) is 17.5. The maximum atomic E-state index is 12.4. The summed E-state index contributed by atoms with van der Waals surface area (Å²) >= 11 is 6.11.